The van der Waals surface area contributed by atoms with Crippen LogP contribution in [0.1, 0.15) is 5.56 Å². The summed E-state index contributed by atoms with van der Waals surface area (Å²) in [5.74, 6) is -0.534. The molecule has 1 aliphatic rings. The van der Waals surface area contributed by atoms with Gasteiger partial charge < -0.3 is 29.6 Å². The maximum absolute atomic E-state index is 13.2. The number of hydrogen-bond donors (Lipinski definition) is 2. The lowest BCUT2D eigenvalue weighted by molar-refractivity contribution is -0.139. The molecule has 0 unspecified atom stereocenters. The van der Waals surface area contributed by atoms with Gasteiger partial charge in [-0.15, -0.1) is 0 Å². The number of ether oxygens (including phenoxy) is 4. The zero-order valence-electron chi connectivity index (χ0n) is 19.1. The van der Waals surface area contributed by atoms with Crippen LogP contribution in [0.25, 0.3) is 0 Å². The van der Waals surface area contributed by atoms with E-state index in [1.165, 1.54) is 39.5 Å². The molecule has 2 aromatic carbocycles. The number of carbonyl (C=O) groups excluding carboxylic acids is 2. The summed E-state index contributed by atoms with van der Waals surface area (Å²) >= 11 is 0. The molecule has 0 radical (unpaired) electrons. The standard InChI is InChI=1S/C22H27N3O8S/c1-30-17-7-5-4-6-15(17)13-23-21(26)22(27)24-14-20-25(10-11-33-20)34(28,29)16-8-9-18(31-2)19(12-16)32-3/h4-9,12,20H,10-11,13-14H2,1-3H3,(H,23,26)(H,24,27)/t20-/m0/s1. The molecular weight excluding hydrogens is 466 g/mol. The topological polar surface area (TPSA) is 132 Å². The first-order valence-corrected chi connectivity index (χ1v) is 11.8. The van der Waals surface area contributed by atoms with Crippen molar-refractivity contribution in [1.29, 1.82) is 0 Å². The van der Waals surface area contributed by atoms with Gasteiger partial charge in [-0.05, 0) is 18.2 Å². The number of nitrogens with zero attached hydrogens (tertiary/aromatic N) is 1. The first-order chi connectivity index (χ1) is 16.3. The summed E-state index contributed by atoms with van der Waals surface area (Å²) in [6.45, 7) is 0.133. The lowest BCUT2D eigenvalue weighted by atomic mass is 10.2. The molecule has 0 aliphatic carbocycles. The molecule has 0 saturated carbocycles. The molecule has 1 atom stereocenters. The summed E-state index contributed by atoms with van der Waals surface area (Å²) in [5, 5.41) is 4.94. The first kappa shape index (κ1) is 25.3. The molecule has 1 saturated heterocycles. The number of amides is 2. The molecule has 0 spiro atoms. The van der Waals surface area contributed by atoms with Crippen molar-refractivity contribution in [1.82, 2.24) is 14.9 Å². The second-order valence-electron chi connectivity index (χ2n) is 7.16. The van der Waals surface area contributed by atoms with Gasteiger partial charge in [0.25, 0.3) is 0 Å². The SMILES string of the molecule is COc1ccccc1CNC(=O)C(=O)NC[C@@H]1OCCN1S(=O)(=O)c1ccc(OC)c(OC)c1. The Morgan fingerprint density at radius 1 is 0.971 bits per heavy atom. The number of methoxy groups -OCH3 is 3. The second-order valence-corrected chi connectivity index (χ2v) is 9.05. The molecule has 0 aromatic heterocycles. The molecule has 1 fully saturated rings. The largest absolute Gasteiger partial charge is 0.496 e. The second kappa shape index (κ2) is 11.2. The van der Waals surface area contributed by atoms with E-state index < -0.39 is 28.1 Å². The zero-order chi connectivity index (χ0) is 24.7. The van der Waals surface area contributed by atoms with Crippen LogP contribution in [-0.4, -0.2) is 71.8 Å². The number of hydrogen-bond acceptors (Lipinski definition) is 8. The van der Waals surface area contributed by atoms with Crippen LogP contribution in [0.3, 0.4) is 0 Å². The lowest BCUT2D eigenvalue weighted by Gasteiger charge is -2.23. The molecule has 1 heterocycles. The van der Waals surface area contributed by atoms with Gasteiger partial charge in [0, 0.05) is 24.7 Å². The van der Waals surface area contributed by atoms with Crippen molar-refractivity contribution in [2.24, 2.45) is 0 Å². The molecule has 11 nitrogen and oxygen atoms in total. The Morgan fingerprint density at radius 3 is 2.35 bits per heavy atom. The third-order valence-electron chi connectivity index (χ3n) is 5.18. The number of para-hydroxylation sites is 1. The maximum atomic E-state index is 13.2. The van der Waals surface area contributed by atoms with E-state index in [4.69, 9.17) is 18.9 Å². The van der Waals surface area contributed by atoms with Gasteiger partial charge in [-0.1, -0.05) is 18.2 Å². The molecule has 1 aliphatic heterocycles. The molecule has 2 aromatic rings. The minimum Gasteiger partial charge on any atom is -0.496 e. The number of carbonyl (C=O) groups is 2. The van der Waals surface area contributed by atoms with Gasteiger partial charge in [-0.3, -0.25) is 9.59 Å². The van der Waals surface area contributed by atoms with Gasteiger partial charge in [0.05, 0.1) is 39.4 Å². The number of rotatable bonds is 9. The van der Waals surface area contributed by atoms with E-state index >= 15 is 0 Å². The number of sulfonamides is 1. The van der Waals surface area contributed by atoms with E-state index in [9.17, 15) is 18.0 Å². The van der Waals surface area contributed by atoms with Crippen molar-refractivity contribution in [3.63, 3.8) is 0 Å². The predicted octanol–water partition coefficient (Wildman–Crippen LogP) is 0.492. The average Bonchev–Trinajstić information content (AvgIpc) is 3.35. The van der Waals surface area contributed by atoms with E-state index in [-0.39, 0.29) is 36.9 Å². The molecule has 2 N–H and O–H groups in total. The lowest BCUT2D eigenvalue weighted by Crippen LogP contribution is -2.47. The van der Waals surface area contributed by atoms with Crippen LogP contribution in [0.2, 0.25) is 0 Å². The van der Waals surface area contributed by atoms with Crippen molar-refractivity contribution < 1.29 is 37.0 Å². The predicted molar refractivity (Wildman–Crippen MR) is 121 cm³/mol. The highest BCUT2D eigenvalue weighted by molar-refractivity contribution is 7.89. The summed E-state index contributed by atoms with van der Waals surface area (Å²) in [6.07, 6.45) is -0.968. The van der Waals surface area contributed by atoms with Crippen LogP contribution in [0, 0.1) is 0 Å². The highest BCUT2D eigenvalue weighted by Gasteiger charge is 2.37. The fraction of sp³-hybridized carbons (Fsp3) is 0.364. The molecule has 0 bridgehead atoms. The minimum atomic E-state index is -3.96. The summed E-state index contributed by atoms with van der Waals surface area (Å²) in [7, 11) is 0.407. The summed E-state index contributed by atoms with van der Waals surface area (Å²) in [5.41, 5.74) is 0.706. The van der Waals surface area contributed by atoms with E-state index in [0.717, 1.165) is 4.31 Å². The first-order valence-electron chi connectivity index (χ1n) is 10.3. The van der Waals surface area contributed by atoms with Crippen LogP contribution in [0.15, 0.2) is 47.4 Å². The van der Waals surface area contributed by atoms with Gasteiger partial charge in [-0.25, -0.2) is 8.42 Å². The Kier molecular flexibility index (Phi) is 8.31. The Balaban J connectivity index is 1.61. The van der Waals surface area contributed by atoms with Gasteiger partial charge in [0.2, 0.25) is 10.0 Å². The van der Waals surface area contributed by atoms with E-state index in [1.807, 2.05) is 0 Å². The zero-order valence-corrected chi connectivity index (χ0v) is 19.9. The molecule has 3 rings (SSSR count). The average molecular weight is 494 g/mol. The normalized spacial score (nSPS) is 16.0. The quantitative estimate of drug-likeness (QED) is 0.483. The van der Waals surface area contributed by atoms with Crippen LogP contribution < -0.4 is 24.8 Å². The number of benzene rings is 2. The monoisotopic (exact) mass is 493 g/mol. The van der Waals surface area contributed by atoms with E-state index in [2.05, 4.69) is 10.6 Å². The fourth-order valence-electron chi connectivity index (χ4n) is 3.42. The van der Waals surface area contributed by atoms with Crippen LogP contribution in [0.4, 0.5) is 0 Å². The Labute approximate surface area is 198 Å². The van der Waals surface area contributed by atoms with Crippen molar-refractivity contribution in [3.05, 3.63) is 48.0 Å². The minimum absolute atomic E-state index is 0.0125. The molecule has 2 amide bonds. The van der Waals surface area contributed by atoms with Gasteiger partial charge in [-0.2, -0.15) is 4.31 Å². The van der Waals surface area contributed by atoms with Gasteiger partial charge in [0.1, 0.15) is 12.0 Å². The Morgan fingerprint density at radius 2 is 1.65 bits per heavy atom. The number of nitrogens with one attached hydrogen (secondary N) is 2. The van der Waals surface area contributed by atoms with E-state index in [0.29, 0.717) is 17.1 Å². The summed E-state index contributed by atoms with van der Waals surface area (Å²) < 4.78 is 48.5. The van der Waals surface area contributed by atoms with Gasteiger partial charge in [0.15, 0.2) is 11.5 Å². The third kappa shape index (κ3) is 5.58. The Hall–Kier alpha value is -3.35. The molecular formula is C22H27N3O8S. The van der Waals surface area contributed by atoms with Gasteiger partial charge >= 0.3 is 11.8 Å². The van der Waals surface area contributed by atoms with Crippen LogP contribution >= 0.6 is 0 Å². The summed E-state index contributed by atoms with van der Waals surface area (Å²) in [6, 6.07) is 11.3. The van der Waals surface area contributed by atoms with Crippen molar-refractivity contribution >= 4 is 21.8 Å². The highest BCUT2D eigenvalue weighted by atomic mass is 32.2. The van der Waals surface area contributed by atoms with Crippen LogP contribution in [0.5, 0.6) is 17.2 Å². The Bertz CT molecular complexity index is 1140. The molecule has 34 heavy (non-hydrogen) atoms. The molecule has 12 heteroatoms. The maximum Gasteiger partial charge on any atom is 0.309 e. The molecule has 184 valence electrons. The van der Waals surface area contributed by atoms with Crippen LogP contribution in [-0.2, 0) is 30.9 Å². The third-order valence-corrected chi connectivity index (χ3v) is 7.06. The summed E-state index contributed by atoms with van der Waals surface area (Å²) in [4.78, 5) is 24.4. The highest BCUT2D eigenvalue weighted by Crippen LogP contribution is 2.31. The van der Waals surface area contributed by atoms with Crippen molar-refractivity contribution in [3.8, 4) is 17.2 Å². The van der Waals surface area contributed by atoms with E-state index in [1.54, 1.807) is 24.3 Å². The fourth-order valence-corrected chi connectivity index (χ4v) is 4.95. The van der Waals surface area contributed by atoms with Crippen molar-refractivity contribution in [2.45, 2.75) is 17.7 Å². The van der Waals surface area contributed by atoms with Crippen molar-refractivity contribution in [2.75, 3.05) is 41.0 Å². The smallest absolute Gasteiger partial charge is 0.309 e.